The molecule has 0 radical (unpaired) electrons. The van der Waals surface area contributed by atoms with Crippen LogP contribution in [-0.2, 0) is 9.84 Å². The van der Waals surface area contributed by atoms with E-state index in [9.17, 15) is 22.3 Å². The molecule has 0 amide bonds. The molecular formula is C10H10BrF2NO3S. The molecule has 0 aliphatic carbocycles. The Bertz CT molecular complexity index is 579. The number of sulfone groups is 1. The Morgan fingerprint density at radius 2 is 1.94 bits per heavy atom. The molecule has 18 heavy (non-hydrogen) atoms. The lowest BCUT2D eigenvalue weighted by atomic mass is 10.2. The number of rotatable bonds is 2. The van der Waals surface area contributed by atoms with E-state index in [1.54, 1.807) is 0 Å². The Kier molecular flexibility index (Phi) is 3.61. The van der Waals surface area contributed by atoms with Crippen molar-refractivity contribution in [1.82, 2.24) is 0 Å². The van der Waals surface area contributed by atoms with Crippen LogP contribution in [0.25, 0.3) is 0 Å². The third-order valence-electron chi connectivity index (χ3n) is 2.67. The van der Waals surface area contributed by atoms with E-state index < -0.39 is 33.6 Å². The van der Waals surface area contributed by atoms with Crippen molar-refractivity contribution < 1.29 is 22.3 Å². The average molecular weight is 342 g/mol. The summed E-state index contributed by atoms with van der Waals surface area (Å²) in [4.78, 5) is 0. The number of hydrogen-bond donors (Lipinski definition) is 2. The van der Waals surface area contributed by atoms with Crippen LogP contribution in [0.3, 0.4) is 0 Å². The molecule has 2 rings (SSSR count). The molecule has 0 saturated carbocycles. The normalized spacial score (nSPS) is 26.2. The molecule has 1 aromatic carbocycles. The largest absolute Gasteiger partial charge is 0.390 e. The van der Waals surface area contributed by atoms with Gasteiger partial charge in [-0.25, -0.2) is 17.2 Å². The number of halogens is 3. The van der Waals surface area contributed by atoms with Crippen molar-refractivity contribution in [2.24, 2.45) is 0 Å². The average Bonchev–Trinajstić information content (AvgIpc) is 2.48. The first-order chi connectivity index (χ1) is 8.28. The third kappa shape index (κ3) is 2.81. The van der Waals surface area contributed by atoms with Gasteiger partial charge < -0.3 is 10.4 Å². The summed E-state index contributed by atoms with van der Waals surface area (Å²) in [6.45, 7) is 0. The molecule has 1 saturated heterocycles. The van der Waals surface area contributed by atoms with E-state index in [1.807, 2.05) is 0 Å². The van der Waals surface area contributed by atoms with E-state index in [-0.39, 0.29) is 21.7 Å². The van der Waals surface area contributed by atoms with Crippen LogP contribution in [0.1, 0.15) is 0 Å². The molecule has 0 aromatic heterocycles. The zero-order valence-electron chi connectivity index (χ0n) is 9.03. The molecule has 0 bridgehead atoms. The summed E-state index contributed by atoms with van der Waals surface area (Å²) in [7, 11) is -3.33. The van der Waals surface area contributed by atoms with Gasteiger partial charge in [0, 0.05) is 6.07 Å². The molecule has 2 N–H and O–H groups in total. The van der Waals surface area contributed by atoms with Crippen molar-refractivity contribution in [3.05, 3.63) is 28.2 Å². The fraction of sp³-hybridized carbons (Fsp3) is 0.400. The van der Waals surface area contributed by atoms with Gasteiger partial charge in [-0.15, -0.1) is 0 Å². The van der Waals surface area contributed by atoms with Gasteiger partial charge in [-0.1, -0.05) is 0 Å². The highest BCUT2D eigenvalue weighted by Crippen LogP contribution is 2.25. The lowest BCUT2D eigenvalue weighted by Gasteiger charge is -2.17. The minimum absolute atomic E-state index is 0.0230. The molecule has 1 heterocycles. The van der Waals surface area contributed by atoms with Crippen molar-refractivity contribution >= 4 is 31.5 Å². The zero-order valence-corrected chi connectivity index (χ0v) is 11.4. The van der Waals surface area contributed by atoms with Crippen LogP contribution >= 0.6 is 15.9 Å². The van der Waals surface area contributed by atoms with Gasteiger partial charge in [-0.3, -0.25) is 0 Å². The second-order valence-corrected chi connectivity index (χ2v) is 7.15. The maximum Gasteiger partial charge on any atom is 0.155 e. The Morgan fingerprint density at radius 1 is 1.28 bits per heavy atom. The molecule has 1 fully saturated rings. The molecule has 2 unspecified atom stereocenters. The third-order valence-corrected chi connectivity index (χ3v) is 5.00. The van der Waals surface area contributed by atoms with Gasteiger partial charge in [0.25, 0.3) is 0 Å². The lowest BCUT2D eigenvalue weighted by Crippen LogP contribution is -2.32. The van der Waals surface area contributed by atoms with Crippen LogP contribution in [0.2, 0.25) is 0 Å². The number of aliphatic hydroxyl groups is 1. The first-order valence-corrected chi connectivity index (χ1v) is 7.69. The predicted molar refractivity (Wildman–Crippen MR) is 66.1 cm³/mol. The van der Waals surface area contributed by atoms with E-state index in [2.05, 4.69) is 21.2 Å². The van der Waals surface area contributed by atoms with Crippen LogP contribution in [0.4, 0.5) is 14.5 Å². The SMILES string of the molecule is O=S1(=O)CC(O)C(Nc2cc(F)c(Br)cc2F)C1. The highest BCUT2D eigenvalue weighted by atomic mass is 79.9. The number of hydrogen-bond acceptors (Lipinski definition) is 4. The number of anilines is 1. The number of nitrogens with one attached hydrogen (secondary N) is 1. The van der Waals surface area contributed by atoms with E-state index in [0.717, 1.165) is 12.1 Å². The lowest BCUT2D eigenvalue weighted by molar-refractivity contribution is 0.190. The van der Waals surface area contributed by atoms with Crippen molar-refractivity contribution in [3.63, 3.8) is 0 Å². The summed E-state index contributed by atoms with van der Waals surface area (Å²) in [5, 5.41) is 12.1. The molecule has 4 nitrogen and oxygen atoms in total. The molecule has 0 spiro atoms. The maximum atomic E-state index is 13.5. The number of benzene rings is 1. The summed E-state index contributed by atoms with van der Waals surface area (Å²) in [6, 6.07) is 1.02. The molecule has 1 aliphatic heterocycles. The molecule has 1 aliphatic rings. The molecular weight excluding hydrogens is 332 g/mol. The predicted octanol–water partition coefficient (Wildman–Crippen LogP) is 1.30. The second-order valence-electron chi connectivity index (χ2n) is 4.14. The summed E-state index contributed by atoms with van der Waals surface area (Å²) in [5.41, 5.74) is -0.170. The summed E-state index contributed by atoms with van der Waals surface area (Å²) in [5.74, 6) is -2.06. The van der Waals surface area contributed by atoms with Gasteiger partial charge in [0.15, 0.2) is 9.84 Å². The summed E-state index contributed by atoms with van der Waals surface area (Å²) in [6.07, 6.45) is -1.12. The van der Waals surface area contributed by atoms with Crippen LogP contribution in [-0.4, -0.2) is 37.2 Å². The molecule has 8 heteroatoms. The Balaban J connectivity index is 2.23. The van der Waals surface area contributed by atoms with E-state index in [1.165, 1.54) is 0 Å². The first kappa shape index (κ1) is 13.7. The van der Waals surface area contributed by atoms with Gasteiger partial charge in [0.2, 0.25) is 0 Å². The van der Waals surface area contributed by atoms with Crippen LogP contribution < -0.4 is 5.32 Å². The van der Waals surface area contributed by atoms with Crippen molar-refractivity contribution in [2.45, 2.75) is 12.1 Å². The minimum atomic E-state index is -3.33. The standard InChI is InChI=1S/C10H10BrF2NO3S/c11-5-1-7(13)8(2-6(5)12)14-9-3-18(16,17)4-10(9)15/h1-2,9-10,14-15H,3-4H2. The van der Waals surface area contributed by atoms with Crippen molar-refractivity contribution in [1.29, 1.82) is 0 Å². The number of aliphatic hydroxyl groups excluding tert-OH is 1. The van der Waals surface area contributed by atoms with Crippen LogP contribution in [0.5, 0.6) is 0 Å². The Morgan fingerprint density at radius 3 is 2.50 bits per heavy atom. The van der Waals surface area contributed by atoms with Crippen molar-refractivity contribution in [3.8, 4) is 0 Å². The first-order valence-electron chi connectivity index (χ1n) is 5.08. The van der Waals surface area contributed by atoms with Gasteiger partial charge >= 0.3 is 0 Å². The van der Waals surface area contributed by atoms with Gasteiger partial charge in [0.1, 0.15) is 11.6 Å². The molecule has 1 aromatic rings. The minimum Gasteiger partial charge on any atom is -0.390 e. The van der Waals surface area contributed by atoms with Gasteiger partial charge in [0.05, 0.1) is 33.8 Å². The van der Waals surface area contributed by atoms with E-state index >= 15 is 0 Å². The molecule has 2 atom stereocenters. The smallest absolute Gasteiger partial charge is 0.155 e. The van der Waals surface area contributed by atoms with E-state index in [4.69, 9.17) is 0 Å². The Labute approximate surface area is 111 Å². The Hall–Kier alpha value is -0.730. The zero-order chi connectivity index (χ0) is 13.5. The highest BCUT2D eigenvalue weighted by molar-refractivity contribution is 9.10. The fourth-order valence-corrected chi connectivity index (χ4v) is 3.86. The quantitative estimate of drug-likeness (QED) is 0.795. The molecule has 100 valence electrons. The van der Waals surface area contributed by atoms with Crippen LogP contribution in [0.15, 0.2) is 16.6 Å². The van der Waals surface area contributed by atoms with E-state index in [0.29, 0.717) is 0 Å². The monoisotopic (exact) mass is 341 g/mol. The second kappa shape index (κ2) is 4.75. The summed E-state index contributed by atoms with van der Waals surface area (Å²) >= 11 is 2.83. The van der Waals surface area contributed by atoms with Gasteiger partial charge in [-0.05, 0) is 22.0 Å². The highest BCUT2D eigenvalue weighted by Gasteiger charge is 2.36. The van der Waals surface area contributed by atoms with Gasteiger partial charge in [-0.2, -0.15) is 0 Å². The summed E-state index contributed by atoms with van der Waals surface area (Å²) < 4.78 is 49.3. The maximum absolute atomic E-state index is 13.5. The van der Waals surface area contributed by atoms with Crippen LogP contribution in [0, 0.1) is 11.6 Å². The topological polar surface area (TPSA) is 66.4 Å². The van der Waals surface area contributed by atoms with Crippen molar-refractivity contribution in [2.75, 3.05) is 16.8 Å². The fourth-order valence-electron chi connectivity index (χ4n) is 1.80.